The lowest BCUT2D eigenvalue weighted by atomic mass is 10.1. The van der Waals surface area contributed by atoms with Gasteiger partial charge in [0.2, 0.25) is 0 Å². The summed E-state index contributed by atoms with van der Waals surface area (Å²) in [7, 11) is 0. The first-order chi connectivity index (χ1) is 7.77. The Morgan fingerprint density at radius 2 is 2.00 bits per heavy atom. The van der Waals surface area contributed by atoms with Gasteiger partial charge in [-0.25, -0.2) is 9.78 Å². The van der Waals surface area contributed by atoms with E-state index in [2.05, 4.69) is 4.98 Å². The number of ether oxygens (including phenoxy) is 1. The molecule has 1 aromatic rings. The van der Waals surface area contributed by atoms with Gasteiger partial charge < -0.3 is 4.74 Å². The first kappa shape index (κ1) is 13.5. The second-order valence-corrected chi connectivity index (χ2v) is 3.50. The molecule has 0 aromatic carbocycles. The molecule has 0 spiro atoms. The zero-order valence-electron chi connectivity index (χ0n) is 9.68. The van der Waals surface area contributed by atoms with E-state index in [-0.39, 0.29) is 23.4 Å². The summed E-state index contributed by atoms with van der Waals surface area (Å²) in [4.78, 5) is 14.9. The van der Waals surface area contributed by atoms with Gasteiger partial charge in [-0.3, -0.25) is 0 Å². The fraction of sp³-hybridized carbons (Fsp3) is 0.455. The maximum Gasteiger partial charge on any atom is 0.433 e. The van der Waals surface area contributed by atoms with Crippen molar-refractivity contribution < 1.29 is 22.7 Å². The number of hydrogen-bond donors (Lipinski definition) is 0. The van der Waals surface area contributed by atoms with E-state index >= 15 is 0 Å². The zero-order chi connectivity index (χ0) is 13.2. The van der Waals surface area contributed by atoms with Crippen LogP contribution in [0.4, 0.5) is 13.2 Å². The van der Waals surface area contributed by atoms with Gasteiger partial charge >= 0.3 is 12.1 Å². The number of aromatic nitrogens is 1. The van der Waals surface area contributed by atoms with Crippen molar-refractivity contribution in [2.75, 3.05) is 6.61 Å². The molecule has 94 valence electrons. The minimum Gasteiger partial charge on any atom is -0.462 e. The SMILES string of the molecule is CCOC(=O)c1c(C)cc(C(F)(F)F)nc1C. The van der Waals surface area contributed by atoms with Crippen molar-refractivity contribution in [3.8, 4) is 0 Å². The lowest BCUT2D eigenvalue weighted by Gasteiger charge is -2.12. The summed E-state index contributed by atoms with van der Waals surface area (Å²) >= 11 is 0. The number of hydrogen-bond acceptors (Lipinski definition) is 3. The fourth-order valence-corrected chi connectivity index (χ4v) is 1.49. The van der Waals surface area contributed by atoms with Crippen LogP contribution in [-0.2, 0) is 10.9 Å². The van der Waals surface area contributed by atoms with Crippen LogP contribution < -0.4 is 0 Å². The van der Waals surface area contributed by atoms with Crippen molar-refractivity contribution in [2.24, 2.45) is 0 Å². The number of nitrogens with zero attached hydrogens (tertiary/aromatic N) is 1. The van der Waals surface area contributed by atoms with E-state index in [1.165, 1.54) is 13.8 Å². The quantitative estimate of drug-likeness (QED) is 0.754. The molecule has 0 atom stereocenters. The average molecular weight is 247 g/mol. The van der Waals surface area contributed by atoms with Gasteiger partial charge in [0.1, 0.15) is 5.69 Å². The minimum absolute atomic E-state index is 0.0239. The molecule has 0 unspecified atom stereocenters. The number of halogens is 3. The number of carbonyl (C=O) groups excluding carboxylic acids is 1. The van der Waals surface area contributed by atoms with Crippen LogP contribution in [-0.4, -0.2) is 17.6 Å². The predicted octanol–water partition coefficient (Wildman–Crippen LogP) is 2.89. The molecular formula is C11H12F3NO2. The smallest absolute Gasteiger partial charge is 0.433 e. The average Bonchev–Trinajstić information content (AvgIpc) is 2.15. The standard InChI is InChI=1S/C11H12F3NO2/c1-4-17-10(16)9-6(2)5-8(11(12,13)14)15-7(9)3/h5H,4H2,1-3H3. The van der Waals surface area contributed by atoms with Gasteiger partial charge in [0, 0.05) is 0 Å². The van der Waals surface area contributed by atoms with Crippen molar-refractivity contribution in [3.05, 3.63) is 28.6 Å². The highest BCUT2D eigenvalue weighted by molar-refractivity contribution is 5.92. The van der Waals surface area contributed by atoms with Gasteiger partial charge in [-0.15, -0.1) is 0 Å². The molecule has 17 heavy (non-hydrogen) atoms. The number of pyridine rings is 1. The number of aryl methyl sites for hydroxylation is 2. The topological polar surface area (TPSA) is 39.2 Å². The molecule has 6 heteroatoms. The Morgan fingerprint density at radius 3 is 2.41 bits per heavy atom. The maximum absolute atomic E-state index is 12.5. The first-order valence-corrected chi connectivity index (χ1v) is 5.00. The van der Waals surface area contributed by atoms with Crippen LogP contribution in [0.3, 0.4) is 0 Å². The van der Waals surface area contributed by atoms with Crippen molar-refractivity contribution in [2.45, 2.75) is 26.9 Å². The van der Waals surface area contributed by atoms with Gasteiger partial charge in [0.05, 0.1) is 17.9 Å². The lowest BCUT2D eigenvalue weighted by molar-refractivity contribution is -0.141. The Balaban J connectivity index is 3.25. The van der Waals surface area contributed by atoms with Crippen LogP contribution in [0.5, 0.6) is 0 Å². The predicted molar refractivity (Wildman–Crippen MR) is 54.7 cm³/mol. The van der Waals surface area contributed by atoms with Crippen LogP contribution in [0.2, 0.25) is 0 Å². The summed E-state index contributed by atoms with van der Waals surface area (Å²) in [5.74, 6) is -0.649. The molecule has 0 aliphatic heterocycles. The van der Waals surface area contributed by atoms with Crippen molar-refractivity contribution in [3.63, 3.8) is 0 Å². The van der Waals surface area contributed by atoms with E-state index in [0.29, 0.717) is 0 Å². The lowest BCUT2D eigenvalue weighted by Crippen LogP contribution is -2.15. The Bertz CT molecular complexity index is 418. The van der Waals surface area contributed by atoms with E-state index in [1.54, 1.807) is 6.92 Å². The first-order valence-electron chi connectivity index (χ1n) is 5.00. The largest absolute Gasteiger partial charge is 0.462 e. The van der Waals surface area contributed by atoms with Crippen LogP contribution in [0.15, 0.2) is 6.07 Å². The van der Waals surface area contributed by atoms with Gasteiger partial charge in [-0.1, -0.05) is 0 Å². The third kappa shape index (κ3) is 2.95. The summed E-state index contributed by atoms with van der Waals surface area (Å²) in [6.45, 7) is 4.57. The van der Waals surface area contributed by atoms with Gasteiger partial charge in [0.15, 0.2) is 0 Å². The molecular weight excluding hydrogens is 235 g/mol. The highest BCUT2D eigenvalue weighted by Crippen LogP contribution is 2.29. The van der Waals surface area contributed by atoms with E-state index in [9.17, 15) is 18.0 Å². The van der Waals surface area contributed by atoms with Crippen LogP contribution in [0.1, 0.15) is 34.2 Å². The van der Waals surface area contributed by atoms with Crippen LogP contribution in [0, 0.1) is 13.8 Å². The molecule has 3 nitrogen and oxygen atoms in total. The van der Waals surface area contributed by atoms with Crippen molar-refractivity contribution >= 4 is 5.97 Å². The minimum atomic E-state index is -4.51. The highest BCUT2D eigenvalue weighted by atomic mass is 19.4. The van der Waals surface area contributed by atoms with Gasteiger partial charge in [0.25, 0.3) is 0 Å². The van der Waals surface area contributed by atoms with Crippen LogP contribution >= 0.6 is 0 Å². The molecule has 0 N–H and O–H groups in total. The molecule has 0 fully saturated rings. The third-order valence-electron chi connectivity index (χ3n) is 2.17. The third-order valence-corrected chi connectivity index (χ3v) is 2.17. The second kappa shape index (κ2) is 4.73. The van der Waals surface area contributed by atoms with E-state index in [4.69, 9.17) is 4.74 Å². The Kier molecular flexibility index (Phi) is 3.75. The number of alkyl halides is 3. The summed E-state index contributed by atoms with van der Waals surface area (Å²) in [5.41, 5.74) is -0.667. The fourth-order valence-electron chi connectivity index (χ4n) is 1.49. The Morgan fingerprint density at radius 1 is 1.41 bits per heavy atom. The number of carbonyl (C=O) groups is 1. The molecule has 0 amide bonds. The molecule has 0 aliphatic rings. The summed E-state index contributed by atoms with van der Waals surface area (Å²) in [6, 6.07) is 0.846. The van der Waals surface area contributed by atoms with Crippen LogP contribution in [0.25, 0.3) is 0 Å². The zero-order valence-corrected chi connectivity index (χ0v) is 9.68. The van der Waals surface area contributed by atoms with E-state index < -0.39 is 17.8 Å². The molecule has 1 rings (SSSR count). The monoisotopic (exact) mass is 247 g/mol. The molecule has 0 saturated carbocycles. The second-order valence-electron chi connectivity index (χ2n) is 3.50. The Labute approximate surface area is 96.6 Å². The molecule has 0 saturated heterocycles. The van der Waals surface area contributed by atoms with E-state index in [1.807, 2.05) is 0 Å². The molecule has 1 heterocycles. The molecule has 1 aromatic heterocycles. The summed E-state index contributed by atoms with van der Waals surface area (Å²) in [6.07, 6.45) is -4.51. The van der Waals surface area contributed by atoms with Gasteiger partial charge in [-0.2, -0.15) is 13.2 Å². The molecule has 0 radical (unpaired) electrons. The highest BCUT2D eigenvalue weighted by Gasteiger charge is 2.34. The normalized spacial score (nSPS) is 11.4. The van der Waals surface area contributed by atoms with Crippen molar-refractivity contribution in [1.29, 1.82) is 0 Å². The summed E-state index contributed by atoms with van der Waals surface area (Å²) in [5, 5.41) is 0. The van der Waals surface area contributed by atoms with Crippen molar-refractivity contribution in [1.82, 2.24) is 4.98 Å². The van der Waals surface area contributed by atoms with Gasteiger partial charge in [-0.05, 0) is 32.4 Å². The number of esters is 1. The summed E-state index contributed by atoms with van der Waals surface area (Å²) < 4.78 is 42.1. The molecule has 0 aliphatic carbocycles. The van der Waals surface area contributed by atoms with E-state index in [0.717, 1.165) is 6.07 Å². The Hall–Kier alpha value is -1.59. The molecule has 0 bridgehead atoms. The number of rotatable bonds is 2. The maximum atomic E-state index is 12.5.